The Labute approximate surface area is 83.8 Å². The van der Waals surface area contributed by atoms with Gasteiger partial charge in [-0.25, -0.2) is 0 Å². The van der Waals surface area contributed by atoms with Gasteiger partial charge in [0.25, 0.3) is 0 Å². The van der Waals surface area contributed by atoms with Gasteiger partial charge in [0.05, 0.1) is 0 Å². The molecule has 74 valence electrons. The molecule has 1 rings (SSSR count). The largest absolute Gasteiger partial charge is 0.137 e. The maximum atomic E-state index is 2.30. The van der Waals surface area contributed by atoms with Gasteiger partial charge in [-0.05, 0) is 23.9 Å². The van der Waals surface area contributed by atoms with Crippen molar-refractivity contribution >= 4 is 8.19 Å². The van der Waals surface area contributed by atoms with Gasteiger partial charge >= 0.3 is 0 Å². The number of hydrogen-bond acceptors (Lipinski definition) is 0. The fraction of sp³-hybridized carbons (Fsp3) is 0.667. The van der Waals surface area contributed by atoms with E-state index in [2.05, 4.69) is 24.9 Å². The third kappa shape index (κ3) is 5.16. The maximum Gasteiger partial charge on any atom is -0.0244 e. The number of unbranched alkanes of at least 4 members (excludes halogenated alkanes) is 5. The van der Waals surface area contributed by atoms with Crippen LogP contribution in [0.1, 0.15) is 50.7 Å². The second kappa shape index (κ2) is 7.21. The smallest absolute Gasteiger partial charge is 0.0244 e. The monoisotopic (exact) mass is 196 g/mol. The van der Waals surface area contributed by atoms with Crippen molar-refractivity contribution in [3.63, 3.8) is 0 Å². The lowest BCUT2D eigenvalue weighted by molar-refractivity contribution is 0.609. The molecule has 0 fully saturated rings. The molecule has 1 atom stereocenters. The van der Waals surface area contributed by atoms with E-state index in [9.17, 15) is 0 Å². The molecule has 1 heteroatoms. The summed E-state index contributed by atoms with van der Waals surface area (Å²) in [7, 11) is 0.993. The molecule has 1 aromatic heterocycles. The first-order chi connectivity index (χ1) is 6.43. The molecule has 0 aliphatic heterocycles. The molecule has 0 aliphatic carbocycles. The summed E-state index contributed by atoms with van der Waals surface area (Å²) in [6, 6.07) is 4.50. The van der Waals surface area contributed by atoms with Crippen LogP contribution in [-0.2, 0) is 6.42 Å². The Morgan fingerprint density at radius 3 is 2.54 bits per heavy atom. The second-order valence-corrected chi connectivity index (χ2v) is 4.98. The van der Waals surface area contributed by atoms with Crippen LogP contribution in [0.15, 0.2) is 17.9 Å². The zero-order valence-corrected chi connectivity index (χ0v) is 9.68. The van der Waals surface area contributed by atoms with Crippen molar-refractivity contribution in [3.05, 3.63) is 23.2 Å². The van der Waals surface area contributed by atoms with E-state index >= 15 is 0 Å². The highest BCUT2D eigenvalue weighted by Crippen LogP contribution is 2.18. The van der Waals surface area contributed by atoms with Gasteiger partial charge in [-0.15, -0.1) is 8.19 Å². The maximum absolute atomic E-state index is 2.30. The predicted octanol–water partition coefficient (Wildman–Crippen LogP) is 4.62. The standard InChI is InChI=1S/C12H21P/c1-2-3-4-5-6-7-9-12-10-8-11-13-12/h8,10-11,13H,2-7,9H2,1H3. The molecular weight excluding hydrogens is 175 g/mol. The molecule has 0 aliphatic rings. The minimum absolute atomic E-state index is 0.993. The lowest BCUT2D eigenvalue weighted by Gasteiger charge is -1.99. The average molecular weight is 196 g/mol. The normalized spacial score (nSPS) is 11.2. The van der Waals surface area contributed by atoms with Gasteiger partial charge < -0.3 is 0 Å². The topological polar surface area (TPSA) is 0 Å². The second-order valence-electron chi connectivity index (χ2n) is 3.71. The van der Waals surface area contributed by atoms with E-state index in [0.29, 0.717) is 0 Å². The van der Waals surface area contributed by atoms with Crippen molar-refractivity contribution in [2.24, 2.45) is 0 Å². The fourth-order valence-electron chi connectivity index (χ4n) is 1.62. The average Bonchev–Trinajstić information content (AvgIpc) is 2.63. The zero-order valence-electron chi connectivity index (χ0n) is 8.68. The summed E-state index contributed by atoms with van der Waals surface area (Å²) >= 11 is 0. The van der Waals surface area contributed by atoms with Gasteiger partial charge in [-0.3, -0.25) is 0 Å². The predicted molar refractivity (Wildman–Crippen MR) is 63.0 cm³/mol. The number of aryl methyl sites for hydroxylation is 1. The Morgan fingerprint density at radius 2 is 1.85 bits per heavy atom. The SMILES string of the molecule is CCCCCCCCc1ccc[pH]1. The highest BCUT2D eigenvalue weighted by molar-refractivity contribution is 7.30. The van der Waals surface area contributed by atoms with E-state index in [1.165, 1.54) is 44.9 Å². The third-order valence-electron chi connectivity index (χ3n) is 2.46. The Balaban J connectivity index is 1.90. The fourth-order valence-corrected chi connectivity index (χ4v) is 2.54. The molecule has 0 saturated heterocycles. The van der Waals surface area contributed by atoms with Crippen LogP contribution in [0.25, 0.3) is 0 Å². The van der Waals surface area contributed by atoms with E-state index in [4.69, 9.17) is 0 Å². The summed E-state index contributed by atoms with van der Waals surface area (Å²) in [5.41, 5.74) is 0. The van der Waals surface area contributed by atoms with Gasteiger partial charge in [0, 0.05) is 0 Å². The van der Waals surface area contributed by atoms with Crippen LogP contribution >= 0.6 is 8.19 Å². The molecule has 1 unspecified atom stereocenters. The zero-order chi connectivity index (χ0) is 9.36. The lowest BCUT2D eigenvalue weighted by Crippen LogP contribution is -1.81. The summed E-state index contributed by atoms with van der Waals surface area (Å²) in [4.78, 5) is 0. The molecular formula is C12H21P. The van der Waals surface area contributed by atoms with Gasteiger partial charge in [-0.1, -0.05) is 51.2 Å². The van der Waals surface area contributed by atoms with Crippen LogP contribution in [0.3, 0.4) is 0 Å². The van der Waals surface area contributed by atoms with Crippen LogP contribution in [-0.4, -0.2) is 0 Å². The molecule has 1 heterocycles. The summed E-state index contributed by atoms with van der Waals surface area (Å²) in [6.45, 7) is 2.27. The van der Waals surface area contributed by atoms with Crippen molar-refractivity contribution in [2.45, 2.75) is 51.9 Å². The summed E-state index contributed by atoms with van der Waals surface area (Å²) in [5, 5.41) is 1.66. The number of hydrogen-bond donors (Lipinski definition) is 0. The van der Waals surface area contributed by atoms with Crippen LogP contribution in [0.5, 0.6) is 0 Å². The van der Waals surface area contributed by atoms with Crippen LogP contribution in [0.4, 0.5) is 0 Å². The van der Waals surface area contributed by atoms with Crippen molar-refractivity contribution < 1.29 is 0 Å². The molecule has 0 N–H and O–H groups in total. The van der Waals surface area contributed by atoms with Crippen molar-refractivity contribution in [2.75, 3.05) is 0 Å². The highest BCUT2D eigenvalue weighted by atomic mass is 31.0. The molecule has 0 radical (unpaired) electrons. The van der Waals surface area contributed by atoms with Crippen molar-refractivity contribution in [1.82, 2.24) is 0 Å². The van der Waals surface area contributed by atoms with E-state index in [1.807, 2.05) is 0 Å². The first-order valence-corrected chi connectivity index (χ1v) is 6.63. The molecule has 1 aromatic rings. The minimum Gasteiger partial charge on any atom is -0.137 e. The van der Waals surface area contributed by atoms with E-state index in [1.54, 1.807) is 5.30 Å². The van der Waals surface area contributed by atoms with Crippen LogP contribution < -0.4 is 0 Å². The first kappa shape index (κ1) is 10.9. The number of rotatable bonds is 7. The van der Waals surface area contributed by atoms with Gasteiger partial charge in [-0.2, -0.15) is 0 Å². The van der Waals surface area contributed by atoms with Gasteiger partial charge in [0.1, 0.15) is 0 Å². The van der Waals surface area contributed by atoms with Crippen molar-refractivity contribution in [3.8, 4) is 0 Å². The van der Waals surface area contributed by atoms with Crippen LogP contribution in [0.2, 0.25) is 0 Å². The molecule has 13 heavy (non-hydrogen) atoms. The molecule has 0 saturated carbocycles. The van der Waals surface area contributed by atoms with Crippen LogP contribution in [0, 0.1) is 0 Å². The molecule has 0 spiro atoms. The quantitative estimate of drug-likeness (QED) is 0.558. The first-order valence-electron chi connectivity index (χ1n) is 5.55. The van der Waals surface area contributed by atoms with E-state index in [0.717, 1.165) is 8.19 Å². The Morgan fingerprint density at radius 1 is 1.08 bits per heavy atom. The van der Waals surface area contributed by atoms with Gasteiger partial charge in [0.15, 0.2) is 0 Å². The lowest BCUT2D eigenvalue weighted by atomic mass is 10.1. The highest BCUT2D eigenvalue weighted by Gasteiger charge is 1.92. The van der Waals surface area contributed by atoms with E-state index in [-0.39, 0.29) is 0 Å². The van der Waals surface area contributed by atoms with Crippen molar-refractivity contribution in [1.29, 1.82) is 0 Å². The Hall–Kier alpha value is -0.220. The summed E-state index contributed by atoms with van der Waals surface area (Å²) < 4.78 is 0. The molecule has 0 nitrogen and oxygen atoms in total. The summed E-state index contributed by atoms with van der Waals surface area (Å²) in [5.74, 6) is 2.28. The molecule has 0 bridgehead atoms. The van der Waals surface area contributed by atoms with Gasteiger partial charge in [0.2, 0.25) is 0 Å². The summed E-state index contributed by atoms with van der Waals surface area (Å²) in [6.07, 6.45) is 9.85. The van der Waals surface area contributed by atoms with E-state index < -0.39 is 0 Å². The Bertz CT molecular complexity index is 189. The minimum atomic E-state index is 0.993. The molecule has 0 aromatic carbocycles. The Kier molecular flexibility index (Phi) is 6.02. The third-order valence-corrected chi connectivity index (χ3v) is 3.61. The molecule has 0 amide bonds.